The Morgan fingerprint density at radius 2 is 1.50 bits per heavy atom. The molecular weight excluding hydrogens is 276 g/mol. The first kappa shape index (κ1) is 12.7. The Hall–Kier alpha value is -3.01. The van der Waals surface area contributed by atoms with Crippen LogP contribution in [0.5, 0.6) is 0 Å². The molecule has 1 aliphatic rings. The van der Waals surface area contributed by atoms with Crippen molar-refractivity contribution in [1.29, 1.82) is 0 Å². The number of nitrogens with one attached hydrogen (secondary N) is 2. The Morgan fingerprint density at radius 1 is 0.864 bits per heavy atom. The van der Waals surface area contributed by atoms with E-state index >= 15 is 0 Å². The molecule has 0 spiro atoms. The van der Waals surface area contributed by atoms with Gasteiger partial charge in [-0.1, -0.05) is 48.5 Å². The van der Waals surface area contributed by atoms with E-state index in [2.05, 4.69) is 22.8 Å². The molecule has 0 atom stereocenters. The van der Waals surface area contributed by atoms with E-state index in [0.717, 1.165) is 22.1 Å². The molecule has 4 heteroatoms. The number of carboxylic acids is 1. The fourth-order valence-corrected chi connectivity index (χ4v) is 3.02. The Bertz CT molecular complexity index is 848. The maximum absolute atomic E-state index is 11.3. The number of benzene rings is 3. The van der Waals surface area contributed by atoms with E-state index in [1.54, 1.807) is 18.2 Å². The van der Waals surface area contributed by atoms with E-state index in [1.807, 2.05) is 30.3 Å². The molecule has 0 radical (unpaired) electrons. The third-order valence-electron chi connectivity index (χ3n) is 4.00. The third kappa shape index (κ3) is 1.89. The van der Waals surface area contributed by atoms with Crippen LogP contribution in [-0.2, 0) is 0 Å². The van der Waals surface area contributed by atoms with E-state index in [1.165, 1.54) is 0 Å². The molecule has 0 aromatic heterocycles. The summed E-state index contributed by atoms with van der Waals surface area (Å²) in [7, 11) is 0. The molecule has 22 heavy (non-hydrogen) atoms. The number of aromatic carboxylic acids is 1. The lowest BCUT2D eigenvalue weighted by molar-refractivity contribution is -0.255. The summed E-state index contributed by atoms with van der Waals surface area (Å²) in [6.07, 6.45) is -0.311. The Balaban J connectivity index is 1.84. The van der Waals surface area contributed by atoms with Crippen molar-refractivity contribution in [2.24, 2.45) is 0 Å². The Labute approximate surface area is 127 Å². The van der Waals surface area contributed by atoms with Crippen LogP contribution in [0.2, 0.25) is 0 Å². The van der Waals surface area contributed by atoms with Crippen LogP contribution in [0.1, 0.15) is 22.1 Å². The minimum atomic E-state index is -1.17. The maximum atomic E-state index is 11.3. The zero-order valence-electron chi connectivity index (χ0n) is 11.7. The second-order valence-electron chi connectivity index (χ2n) is 5.31. The Kier molecular flexibility index (Phi) is 2.76. The topological polar surface area (TPSA) is 64.2 Å². The Morgan fingerprint density at radius 3 is 2.14 bits per heavy atom. The zero-order chi connectivity index (χ0) is 15.1. The van der Waals surface area contributed by atoms with Gasteiger partial charge in [-0.25, -0.2) is 0 Å². The molecule has 0 saturated heterocycles. The number of carboxylic acid groups (broad SMARTS) is 1. The summed E-state index contributed by atoms with van der Waals surface area (Å²) < 4.78 is 0. The third-order valence-corrected chi connectivity index (χ3v) is 4.00. The molecule has 1 aliphatic heterocycles. The fraction of sp³-hybridized carbons (Fsp3) is 0.0556. The molecule has 3 aromatic rings. The summed E-state index contributed by atoms with van der Waals surface area (Å²) in [5.74, 6) is -1.17. The van der Waals surface area contributed by atoms with Crippen LogP contribution in [-0.4, -0.2) is 5.97 Å². The second kappa shape index (κ2) is 4.77. The van der Waals surface area contributed by atoms with Gasteiger partial charge < -0.3 is 20.5 Å². The summed E-state index contributed by atoms with van der Waals surface area (Å²) in [4.78, 5) is 11.3. The fourth-order valence-electron chi connectivity index (χ4n) is 3.02. The highest BCUT2D eigenvalue weighted by atomic mass is 16.4. The predicted octanol–water partition coefficient (Wildman–Crippen LogP) is 2.74. The molecule has 0 amide bonds. The summed E-state index contributed by atoms with van der Waals surface area (Å²) in [6.45, 7) is 0. The molecule has 0 bridgehead atoms. The molecule has 0 aliphatic carbocycles. The average Bonchev–Trinajstić information content (AvgIpc) is 2.55. The standard InChI is InChI=1S/C18H14N2O2/c21-18(22)13-8-2-1-7-12(13)17-19-14-9-3-5-11-6-4-10-15(20-17)16(11)14/h1-10,17,19-20H,(H,21,22)/p-1. The van der Waals surface area contributed by atoms with Crippen LogP contribution in [0, 0.1) is 0 Å². The highest BCUT2D eigenvalue weighted by Crippen LogP contribution is 2.38. The van der Waals surface area contributed by atoms with Crippen molar-refractivity contribution in [3.63, 3.8) is 0 Å². The SMILES string of the molecule is O=C([O-])c1ccccc1C1Nc2cccc3cccc(c23)N1. The van der Waals surface area contributed by atoms with Gasteiger partial charge in [-0.05, 0) is 17.5 Å². The molecule has 0 unspecified atom stereocenters. The predicted molar refractivity (Wildman–Crippen MR) is 84.7 cm³/mol. The lowest BCUT2D eigenvalue weighted by atomic mass is 9.99. The van der Waals surface area contributed by atoms with Crippen LogP contribution in [0.4, 0.5) is 11.4 Å². The van der Waals surface area contributed by atoms with E-state index in [-0.39, 0.29) is 11.7 Å². The number of rotatable bonds is 2. The van der Waals surface area contributed by atoms with E-state index < -0.39 is 5.97 Å². The number of anilines is 2. The summed E-state index contributed by atoms with van der Waals surface area (Å²) in [5, 5.41) is 20.3. The highest BCUT2D eigenvalue weighted by Gasteiger charge is 2.22. The number of hydrogen-bond donors (Lipinski definition) is 2. The first-order valence-electron chi connectivity index (χ1n) is 7.09. The van der Waals surface area contributed by atoms with Gasteiger partial charge in [0, 0.05) is 27.9 Å². The molecule has 2 N–H and O–H groups in total. The van der Waals surface area contributed by atoms with Crippen LogP contribution in [0.3, 0.4) is 0 Å². The van der Waals surface area contributed by atoms with Crippen LogP contribution >= 0.6 is 0 Å². The summed E-state index contributed by atoms with van der Waals surface area (Å²) in [5.41, 5.74) is 2.84. The van der Waals surface area contributed by atoms with Crippen molar-refractivity contribution >= 4 is 28.1 Å². The van der Waals surface area contributed by atoms with Crippen LogP contribution < -0.4 is 15.7 Å². The minimum absolute atomic E-state index is 0.194. The minimum Gasteiger partial charge on any atom is -0.545 e. The van der Waals surface area contributed by atoms with Crippen molar-refractivity contribution in [2.75, 3.05) is 10.6 Å². The monoisotopic (exact) mass is 289 g/mol. The van der Waals surface area contributed by atoms with E-state index in [9.17, 15) is 9.90 Å². The molecule has 0 saturated carbocycles. The van der Waals surface area contributed by atoms with Gasteiger partial charge in [0.25, 0.3) is 0 Å². The van der Waals surface area contributed by atoms with Gasteiger partial charge in [0.2, 0.25) is 0 Å². The lowest BCUT2D eigenvalue weighted by Crippen LogP contribution is -2.29. The average molecular weight is 289 g/mol. The second-order valence-corrected chi connectivity index (χ2v) is 5.31. The molecule has 1 heterocycles. The number of hydrogen-bond acceptors (Lipinski definition) is 4. The van der Waals surface area contributed by atoms with Crippen molar-refractivity contribution in [3.8, 4) is 0 Å². The van der Waals surface area contributed by atoms with Gasteiger partial charge in [0.1, 0.15) is 6.17 Å². The van der Waals surface area contributed by atoms with E-state index in [4.69, 9.17) is 0 Å². The van der Waals surface area contributed by atoms with Crippen LogP contribution in [0.25, 0.3) is 10.8 Å². The highest BCUT2D eigenvalue weighted by molar-refractivity contribution is 6.05. The first-order chi connectivity index (χ1) is 10.7. The maximum Gasteiger partial charge on any atom is 0.124 e. The zero-order valence-corrected chi connectivity index (χ0v) is 11.7. The van der Waals surface area contributed by atoms with Gasteiger partial charge in [0.05, 0.1) is 5.97 Å². The first-order valence-corrected chi connectivity index (χ1v) is 7.09. The molecular formula is C18H13N2O2-. The van der Waals surface area contributed by atoms with Crippen molar-refractivity contribution in [2.45, 2.75) is 6.17 Å². The van der Waals surface area contributed by atoms with Gasteiger partial charge in [0.15, 0.2) is 0 Å². The van der Waals surface area contributed by atoms with Crippen molar-refractivity contribution < 1.29 is 9.90 Å². The number of carbonyl (C=O) groups is 1. The lowest BCUT2D eigenvalue weighted by Gasteiger charge is -2.31. The quantitative estimate of drug-likeness (QED) is 0.761. The van der Waals surface area contributed by atoms with Crippen molar-refractivity contribution in [1.82, 2.24) is 0 Å². The van der Waals surface area contributed by atoms with Gasteiger partial charge in [-0.3, -0.25) is 0 Å². The molecule has 3 aromatic carbocycles. The van der Waals surface area contributed by atoms with Crippen LogP contribution in [0.15, 0.2) is 60.7 Å². The van der Waals surface area contributed by atoms with E-state index in [0.29, 0.717) is 5.56 Å². The molecule has 4 nitrogen and oxygen atoms in total. The van der Waals surface area contributed by atoms with Gasteiger partial charge in [-0.2, -0.15) is 0 Å². The summed E-state index contributed by atoms with van der Waals surface area (Å²) >= 11 is 0. The largest absolute Gasteiger partial charge is 0.545 e. The normalized spacial score (nSPS) is 13.5. The van der Waals surface area contributed by atoms with Gasteiger partial charge in [-0.15, -0.1) is 0 Å². The molecule has 4 rings (SSSR count). The van der Waals surface area contributed by atoms with Gasteiger partial charge >= 0.3 is 0 Å². The molecule has 0 fully saturated rings. The molecule has 108 valence electrons. The number of carbonyl (C=O) groups excluding carboxylic acids is 1. The smallest absolute Gasteiger partial charge is 0.124 e. The summed E-state index contributed by atoms with van der Waals surface area (Å²) in [6, 6.07) is 19.0. The van der Waals surface area contributed by atoms with Crippen molar-refractivity contribution in [3.05, 3.63) is 71.8 Å².